The van der Waals surface area contributed by atoms with Crippen LogP contribution in [0.15, 0.2) is 78.9 Å². The zero-order chi connectivity index (χ0) is 18.1. The summed E-state index contributed by atoms with van der Waals surface area (Å²) in [5.41, 5.74) is 5.82. The Balaban J connectivity index is 2.01. The quantitative estimate of drug-likeness (QED) is 0.350. The Kier molecular flexibility index (Phi) is 3.93. The topological polar surface area (TPSA) is 56.0 Å². The van der Waals surface area contributed by atoms with E-state index < -0.39 is 0 Å². The monoisotopic (exact) mass is 340 g/mol. The van der Waals surface area contributed by atoms with Gasteiger partial charge in [-0.3, -0.25) is 10.1 Å². The van der Waals surface area contributed by atoms with E-state index in [-0.39, 0.29) is 10.6 Å². The number of aryl methyl sites for hydroxylation is 1. The van der Waals surface area contributed by atoms with Crippen molar-refractivity contribution in [3.05, 3.63) is 94.5 Å². The maximum absolute atomic E-state index is 11.2. The molecule has 4 nitrogen and oxygen atoms in total. The van der Waals surface area contributed by atoms with E-state index in [9.17, 15) is 10.1 Å². The van der Waals surface area contributed by atoms with Crippen LogP contribution in [0.25, 0.3) is 33.3 Å². The second kappa shape index (κ2) is 6.41. The molecule has 126 valence electrons. The van der Waals surface area contributed by atoms with Crippen molar-refractivity contribution in [2.45, 2.75) is 6.92 Å². The number of nitro benzene ring substituents is 1. The number of fused-ring (bicyclic) bond motifs is 1. The Hall–Kier alpha value is -3.53. The first kappa shape index (κ1) is 16.0. The molecule has 0 aliphatic heterocycles. The average molecular weight is 340 g/mol. The molecule has 0 aliphatic carbocycles. The lowest BCUT2D eigenvalue weighted by Crippen LogP contribution is -1.93. The van der Waals surface area contributed by atoms with E-state index in [0.29, 0.717) is 0 Å². The minimum atomic E-state index is -0.373. The lowest BCUT2D eigenvalue weighted by atomic mass is 9.98. The third-order valence-corrected chi connectivity index (χ3v) is 4.44. The van der Waals surface area contributed by atoms with Crippen LogP contribution < -0.4 is 0 Å². The molecule has 26 heavy (non-hydrogen) atoms. The molecule has 1 heterocycles. The molecule has 3 aromatic carbocycles. The van der Waals surface area contributed by atoms with Gasteiger partial charge in [-0.05, 0) is 30.2 Å². The van der Waals surface area contributed by atoms with Crippen molar-refractivity contribution in [3.8, 4) is 22.4 Å². The Morgan fingerprint density at radius 3 is 2.27 bits per heavy atom. The number of non-ortho nitro benzene ring substituents is 1. The third kappa shape index (κ3) is 2.93. The van der Waals surface area contributed by atoms with Crippen molar-refractivity contribution in [2.75, 3.05) is 0 Å². The molecular formula is C22H16N2O2. The highest BCUT2D eigenvalue weighted by Gasteiger charge is 2.13. The summed E-state index contributed by atoms with van der Waals surface area (Å²) in [5, 5.41) is 12.0. The molecule has 0 amide bonds. The normalized spacial score (nSPS) is 10.8. The standard InChI is InChI=1S/C22H16N2O2/c1-15-7-9-17(10-8-15)22-14-19(16-5-3-2-4-6-16)20-13-18(24(25)26)11-12-21(20)23-22/h2-14H,1H3. The van der Waals surface area contributed by atoms with Crippen molar-refractivity contribution >= 4 is 16.6 Å². The SMILES string of the molecule is Cc1ccc(-c2cc(-c3ccccc3)c3cc([N+](=O)[O-])ccc3n2)cc1. The van der Waals surface area contributed by atoms with E-state index in [1.165, 1.54) is 11.6 Å². The van der Waals surface area contributed by atoms with Gasteiger partial charge in [0.15, 0.2) is 0 Å². The van der Waals surface area contributed by atoms with E-state index in [1.807, 2.05) is 55.5 Å². The van der Waals surface area contributed by atoms with Gasteiger partial charge in [0.1, 0.15) is 0 Å². The van der Waals surface area contributed by atoms with Crippen LogP contribution in [0.4, 0.5) is 5.69 Å². The van der Waals surface area contributed by atoms with Crippen LogP contribution in [0, 0.1) is 17.0 Å². The first-order valence-corrected chi connectivity index (χ1v) is 8.33. The summed E-state index contributed by atoms with van der Waals surface area (Å²) < 4.78 is 0. The molecule has 4 heteroatoms. The van der Waals surface area contributed by atoms with Gasteiger partial charge in [0, 0.05) is 23.1 Å². The molecule has 0 fully saturated rings. The largest absolute Gasteiger partial charge is 0.270 e. The average Bonchev–Trinajstić information content (AvgIpc) is 2.68. The molecule has 0 saturated carbocycles. The minimum Gasteiger partial charge on any atom is -0.258 e. The van der Waals surface area contributed by atoms with Crippen molar-refractivity contribution in [2.24, 2.45) is 0 Å². The van der Waals surface area contributed by atoms with Crippen molar-refractivity contribution in [1.29, 1.82) is 0 Å². The molecule has 0 radical (unpaired) electrons. The summed E-state index contributed by atoms with van der Waals surface area (Å²) in [6.45, 7) is 2.05. The van der Waals surface area contributed by atoms with Crippen LogP contribution in [-0.4, -0.2) is 9.91 Å². The van der Waals surface area contributed by atoms with Crippen LogP contribution >= 0.6 is 0 Å². The lowest BCUT2D eigenvalue weighted by molar-refractivity contribution is -0.384. The molecule has 0 atom stereocenters. The number of hydrogen-bond acceptors (Lipinski definition) is 3. The molecule has 4 rings (SSSR count). The summed E-state index contributed by atoms with van der Waals surface area (Å²) in [6.07, 6.45) is 0. The molecule has 0 bridgehead atoms. The molecule has 0 aliphatic rings. The number of hydrogen-bond donors (Lipinski definition) is 0. The predicted octanol–water partition coefficient (Wildman–Crippen LogP) is 5.79. The van der Waals surface area contributed by atoms with Gasteiger partial charge < -0.3 is 0 Å². The van der Waals surface area contributed by atoms with Gasteiger partial charge in [0.2, 0.25) is 0 Å². The van der Waals surface area contributed by atoms with Gasteiger partial charge in [-0.25, -0.2) is 4.98 Å². The fourth-order valence-corrected chi connectivity index (χ4v) is 3.06. The fraction of sp³-hybridized carbons (Fsp3) is 0.0455. The van der Waals surface area contributed by atoms with E-state index in [1.54, 1.807) is 12.1 Å². The van der Waals surface area contributed by atoms with E-state index in [4.69, 9.17) is 4.98 Å². The van der Waals surface area contributed by atoms with Crippen molar-refractivity contribution in [1.82, 2.24) is 4.98 Å². The lowest BCUT2D eigenvalue weighted by Gasteiger charge is -2.10. The summed E-state index contributed by atoms with van der Waals surface area (Å²) >= 11 is 0. The van der Waals surface area contributed by atoms with Crippen molar-refractivity contribution in [3.63, 3.8) is 0 Å². The van der Waals surface area contributed by atoms with Crippen molar-refractivity contribution < 1.29 is 4.92 Å². The van der Waals surface area contributed by atoms with E-state index in [0.717, 1.165) is 33.3 Å². The Bertz CT molecular complexity index is 1100. The van der Waals surface area contributed by atoms with E-state index >= 15 is 0 Å². The summed E-state index contributed by atoms with van der Waals surface area (Å²) in [5.74, 6) is 0. The zero-order valence-electron chi connectivity index (χ0n) is 14.2. The van der Waals surface area contributed by atoms with Gasteiger partial charge in [-0.2, -0.15) is 0 Å². The van der Waals surface area contributed by atoms with Crippen LogP contribution in [0.3, 0.4) is 0 Å². The predicted molar refractivity (Wildman–Crippen MR) is 104 cm³/mol. The maximum Gasteiger partial charge on any atom is 0.270 e. The molecule has 0 spiro atoms. The van der Waals surface area contributed by atoms with E-state index in [2.05, 4.69) is 12.1 Å². The highest BCUT2D eigenvalue weighted by atomic mass is 16.6. The molecule has 0 saturated heterocycles. The number of pyridine rings is 1. The van der Waals surface area contributed by atoms with Crippen LogP contribution in [0.5, 0.6) is 0 Å². The summed E-state index contributed by atoms with van der Waals surface area (Å²) in [6, 6.07) is 24.9. The molecular weight excluding hydrogens is 324 g/mol. The highest BCUT2D eigenvalue weighted by Crippen LogP contribution is 2.33. The van der Waals surface area contributed by atoms with Crippen LogP contribution in [0.1, 0.15) is 5.56 Å². The second-order valence-corrected chi connectivity index (χ2v) is 6.25. The fourth-order valence-electron chi connectivity index (χ4n) is 3.06. The first-order chi connectivity index (χ1) is 12.6. The zero-order valence-corrected chi connectivity index (χ0v) is 14.2. The Morgan fingerprint density at radius 1 is 0.846 bits per heavy atom. The molecule has 1 aromatic heterocycles. The van der Waals surface area contributed by atoms with Gasteiger partial charge in [-0.1, -0.05) is 60.2 Å². The van der Waals surface area contributed by atoms with Crippen LogP contribution in [-0.2, 0) is 0 Å². The molecule has 4 aromatic rings. The first-order valence-electron chi connectivity index (χ1n) is 8.33. The highest BCUT2D eigenvalue weighted by molar-refractivity contribution is 5.97. The van der Waals surface area contributed by atoms with Gasteiger partial charge in [0.05, 0.1) is 16.1 Å². The second-order valence-electron chi connectivity index (χ2n) is 6.25. The summed E-state index contributed by atoms with van der Waals surface area (Å²) in [4.78, 5) is 15.6. The van der Waals surface area contributed by atoms with Gasteiger partial charge in [0.25, 0.3) is 5.69 Å². The Morgan fingerprint density at radius 2 is 1.58 bits per heavy atom. The molecule has 0 N–H and O–H groups in total. The van der Waals surface area contributed by atoms with Crippen LogP contribution in [0.2, 0.25) is 0 Å². The minimum absolute atomic E-state index is 0.0690. The smallest absolute Gasteiger partial charge is 0.258 e. The van der Waals surface area contributed by atoms with Gasteiger partial charge >= 0.3 is 0 Å². The molecule has 0 unspecified atom stereocenters. The summed E-state index contributed by atoms with van der Waals surface area (Å²) in [7, 11) is 0. The number of aromatic nitrogens is 1. The number of nitrogens with zero attached hydrogens (tertiary/aromatic N) is 2. The number of rotatable bonds is 3. The maximum atomic E-state index is 11.2. The third-order valence-electron chi connectivity index (χ3n) is 4.44. The number of nitro groups is 1. The van der Waals surface area contributed by atoms with Gasteiger partial charge in [-0.15, -0.1) is 0 Å². The number of benzene rings is 3. The Labute approximate surface area is 150 Å².